The number of aromatic nitrogens is 2. The minimum atomic E-state index is 1.07. The number of pyridine rings is 2. The summed E-state index contributed by atoms with van der Waals surface area (Å²) in [5.41, 5.74) is 7.04. The Kier molecular flexibility index (Phi) is 3.91. The zero-order valence-electron chi connectivity index (χ0n) is 13.2. The Bertz CT molecular complexity index is 643. The maximum Gasteiger partial charge on any atom is 0.0606 e. The van der Waals surface area contributed by atoms with E-state index in [0.717, 1.165) is 24.5 Å². The van der Waals surface area contributed by atoms with Crippen molar-refractivity contribution in [3.8, 4) is 11.1 Å². The molecule has 3 heterocycles. The van der Waals surface area contributed by atoms with Crippen LogP contribution >= 0.6 is 0 Å². The van der Waals surface area contributed by atoms with Crippen LogP contribution in [0.4, 0.5) is 5.69 Å². The van der Waals surface area contributed by atoms with Crippen molar-refractivity contribution in [2.75, 3.05) is 18.0 Å². The van der Waals surface area contributed by atoms with Crippen LogP contribution in [0.5, 0.6) is 0 Å². The van der Waals surface area contributed by atoms with E-state index in [0.29, 0.717) is 0 Å². The minimum Gasteiger partial charge on any atom is -0.370 e. The second-order valence-electron chi connectivity index (χ2n) is 6.02. The molecule has 0 saturated carbocycles. The van der Waals surface area contributed by atoms with E-state index in [1.165, 1.54) is 41.6 Å². The van der Waals surface area contributed by atoms with Crippen LogP contribution in [0, 0.1) is 20.8 Å². The van der Waals surface area contributed by atoms with Crippen LogP contribution in [-0.4, -0.2) is 23.1 Å². The van der Waals surface area contributed by atoms with Crippen LogP contribution in [0.25, 0.3) is 11.1 Å². The summed E-state index contributed by atoms with van der Waals surface area (Å²) in [5, 5.41) is 0. The molecule has 0 aromatic carbocycles. The molecule has 1 fully saturated rings. The fraction of sp³-hybridized carbons (Fsp3) is 0.444. The van der Waals surface area contributed by atoms with Crippen molar-refractivity contribution in [3.63, 3.8) is 0 Å². The van der Waals surface area contributed by atoms with Crippen molar-refractivity contribution < 1.29 is 0 Å². The third-order valence-corrected chi connectivity index (χ3v) is 4.29. The highest BCUT2D eigenvalue weighted by molar-refractivity contribution is 5.70. The molecule has 0 spiro atoms. The van der Waals surface area contributed by atoms with E-state index < -0.39 is 0 Å². The Morgan fingerprint density at radius 1 is 0.857 bits per heavy atom. The van der Waals surface area contributed by atoms with Crippen LogP contribution in [0.2, 0.25) is 0 Å². The number of anilines is 1. The van der Waals surface area contributed by atoms with Crippen molar-refractivity contribution in [1.82, 2.24) is 9.97 Å². The molecule has 1 aliphatic heterocycles. The van der Waals surface area contributed by atoms with Gasteiger partial charge >= 0.3 is 0 Å². The summed E-state index contributed by atoms with van der Waals surface area (Å²) in [4.78, 5) is 11.6. The summed E-state index contributed by atoms with van der Waals surface area (Å²) in [6, 6.07) is 4.49. The molecule has 0 atom stereocenters. The van der Waals surface area contributed by atoms with Gasteiger partial charge in [0, 0.05) is 42.3 Å². The second-order valence-corrected chi connectivity index (χ2v) is 6.02. The maximum absolute atomic E-state index is 4.63. The molecule has 0 aliphatic carbocycles. The average molecular weight is 281 g/mol. The zero-order chi connectivity index (χ0) is 14.8. The summed E-state index contributed by atoms with van der Waals surface area (Å²) >= 11 is 0. The SMILES string of the molecule is Cc1cnc(C)c(-c2cnc(C)c(N3CCCCC3)c2)c1. The van der Waals surface area contributed by atoms with Gasteiger partial charge in [-0.1, -0.05) is 0 Å². The van der Waals surface area contributed by atoms with Gasteiger partial charge in [0.2, 0.25) is 0 Å². The molecule has 0 bridgehead atoms. The molecular formula is C18H23N3. The lowest BCUT2D eigenvalue weighted by Gasteiger charge is -2.30. The Morgan fingerprint density at radius 2 is 1.57 bits per heavy atom. The van der Waals surface area contributed by atoms with Crippen molar-refractivity contribution in [3.05, 3.63) is 41.5 Å². The molecule has 0 radical (unpaired) electrons. The highest BCUT2D eigenvalue weighted by Gasteiger charge is 2.15. The van der Waals surface area contributed by atoms with E-state index in [4.69, 9.17) is 0 Å². The Balaban J connectivity index is 2.02. The Labute approximate surface area is 127 Å². The maximum atomic E-state index is 4.63. The van der Waals surface area contributed by atoms with Gasteiger partial charge in [0.1, 0.15) is 0 Å². The smallest absolute Gasteiger partial charge is 0.0606 e. The van der Waals surface area contributed by atoms with Crippen molar-refractivity contribution in [1.29, 1.82) is 0 Å². The van der Waals surface area contributed by atoms with E-state index in [1.807, 2.05) is 12.4 Å². The van der Waals surface area contributed by atoms with E-state index in [2.05, 4.69) is 47.8 Å². The summed E-state index contributed by atoms with van der Waals surface area (Å²) < 4.78 is 0. The first-order valence-corrected chi connectivity index (χ1v) is 7.80. The van der Waals surface area contributed by atoms with Crippen LogP contribution in [0.15, 0.2) is 24.5 Å². The highest BCUT2D eigenvalue weighted by atomic mass is 15.1. The molecule has 110 valence electrons. The van der Waals surface area contributed by atoms with Gasteiger partial charge in [-0.25, -0.2) is 0 Å². The molecule has 1 saturated heterocycles. The monoisotopic (exact) mass is 281 g/mol. The molecular weight excluding hydrogens is 258 g/mol. The number of aryl methyl sites for hydroxylation is 3. The molecule has 3 heteroatoms. The summed E-state index contributed by atoms with van der Waals surface area (Å²) in [6.45, 7) is 8.56. The van der Waals surface area contributed by atoms with E-state index in [9.17, 15) is 0 Å². The summed E-state index contributed by atoms with van der Waals surface area (Å²) in [6.07, 6.45) is 7.82. The van der Waals surface area contributed by atoms with E-state index >= 15 is 0 Å². The van der Waals surface area contributed by atoms with Gasteiger partial charge in [-0.05, 0) is 57.7 Å². The van der Waals surface area contributed by atoms with Gasteiger partial charge in [-0.3, -0.25) is 9.97 Å². The van der Waals surface area contributed by atoms with Crippen LogP contribution in [-0.2, 0) is 0 Å². The van der Waals surface area contributed by atoms with Crippen molar-refractivity contribution in [2.45, 2.75) is 40.0 Å². The fourth-order valence-corrected chi connectivity index (χ4v) is 3.05. The molecule has 3 rings (SSSR count). The topological polar surface area (TPSA) is 29.0 Å². The summed E-state index contributed by atoms with van der Waals surface area (Å²) in [5.74, 6) is 0. The first kappa shape index (κ1) is 14.1. The van der Waals surface area contributed by atoms with Crippen molar-refractivity contribution >= 4 is 5.69 Å². The number of nitrogens with zero attached hydrogens (tertiary/aromatic N) is 3. The fourth-order valence-electron chi connectivity index (χ4n) is 3.05. The number of piperidine rings is 1. The van der Waals surface area contributed by atoms with E-state index in [1.54, 1.807) is 0 Å². The van der Waals surface area contributed by atoms with Gasteiger partial charge in [-0.15, -0.1) is 0 Å². The minimum absolute atomic E-state index is 1.07. The molecule has 2 aromatic heterocycles. The second kappa shape index (κ2) is 5.84. The highest BCUT2D eigenvalue weighted by Crippen LogP contribution is 2.29. The number of hydrogen-bond donors (Lipinski definition) is 0. The van der Waals surface area contributed by atoms with Gasteiger partial charge < -0.3 is 4.90 Å². The molecule has 21 heavy (non-hydrogen) atoms. The Hall–Kier alpha value is -1.90. The first-order chi connectivity index (χ1) is 10.1. The Morgan fingerprint density at radius 3 is 2.33 bits per heavy atom. The van der Waals surface area contributed by atoms with E-state index in [-0.39, 0.29) is 0 Å². The standard InChI is InChI=1S/C18H23N3/c1-13-9-17(14(2)19-11-13)16-10-18(15(3)20-12-16)21-7-5-4-6-8-21/h9-12H,4-8H2,1-3H3. The van der Waals surface area contributed by atoms with Gasteiger partial charge in [0.15, 0.2) is 0 Å². The molecule has 3 nitrogen and oxygen atoms in total. The quantitative estimate of drug-likeness (QED) is 0.831. The molecule has 0 unspecified atom stereocenters. The average Bonchev–Trinajstić information content (AvgIpc) is 2.51. The molecule has 0 N–H and O–H groups in total. The molecule has 1 aliphatic rings. The number of hydrogen-bond acceptors (Lipinski definition) is 3. The van der Waals surface area contributed by atoms with Crippen molar-refractivity contribution in [2.24, 2.45) is 0 Å². The normalized spacial score (nSPS) is 15.3. The number of rotatable bonds is 2. The molecule has 2 aromatic rings. The summed E-state index contributed by atoms with van der Waals surface area (Å²) in [7, 11) is 0. The predicted molar refractivity (Wildman–Crippen MR) is 87.7 cm³/mol. The third kappa shape index (κ3) is 2.92. The van der Waals surface area contributed by atoms with Gasteiger partial charge in [0.25, 0.3) is 0 Å². The van der Waals surface area contributed by atoms with Crippen LogP contribution in [0.3, 0.4) is 0 Å². The molecule has 0 amide bonds. The third-order valence-electron chi connectivity index (χ3n) is 4.29. The lowest BCUT2D eigenvalue weighted by Crippen LogP contribution is -2.30. The zero-order valence-corrected chi connectivity index (χ0v) is 13.2. The lowest BCUT2D eigenvalue weighted by molar-refractivity contribution is 0.576. The first-order valence-electron chi connectivity index (χ1n) is 7.80. The largest absolute Gasteiger partial charge is 0.370 e. The van der Waals surface area contributed by atoms with Crippen LogP contribution < -0.4 is 4.90 Å². The predicted octanol–water partition coefficient (Wildman–Crippen LogP) is 4.06. The van der Waals surface area contributed by atoms with Crippen LogP contribution in [0.1, 0.15) is 36.2 Å². The van der Waals surface area contributed by atoms with Gasteiger partial charge in [0.05, 0.1) is 11.4 Å². The lowest BCUT2D eigenvalue weighted by atomic mass is 10.0. The van der Waals surface area contributed by atoms with Gasteiger partial charge in [-0.2, -0.15) is 0 Å².